The lowest BCUT2D eigenvalue weighted by Gasteiger charge is -2.13. The molecule has 4 aromatic rings. The third-order valence-corrected chi connectivity index (χ3v) is 4.97. The average molecular weight is 399 g/mol. The predicted molar refractivity (Wildman–Crippen MR) is 114 cm³/mol. The Kier molecular flexibility index (Phi) is 4.90. The second-order valence-electron chi connectivity index (χ2n) is 6.77. The van der Waals surface area contributed by atoms with Gasteiger partial charge in [-0.15, -0.1) is 0 Å². The van der Waals surface area contributed by atoms with Crippen molar-refractivity contribution in [2.75, 3.05) is 6.61 Å². The Morgan fingerprint density at radius 1 is 1.13 bits per heavy atom. The Bertz CT molecular complexity index is 1350. The SMILES string of the molecule is [C-]#[N+]c1ccc2cc(C(=O)OCC)n(Cc3cc([N+](=O)[O-])cc4ccccc34)c2c1. The van der Waals surface area contributed by atoms with Crippen molar-refractivity contribution in [1.29, 1.82) is 0 Å². The molecule has 0 unspecified atom stereocenters. The normalized spacial score (nSPS) is 10.8. The minimum Gasteiger partial charge on any atom is -0.461 e. The highest BCUT2D eigenvalue weighted by Gasteiger charge is 2.19. The maximum atomic E-state index is 12.6. The largest absolute Gasteiger partial charge is 0.461 e. The van der Waals surface area contributed by atoms with Crippen LogP contribution in [0.2, 0.25) is 0 Å². The molecule has 0 amide bonds. The maximum Gasteiger partial charge on any atom is 0.354 e. The average Bonchev–Trinajstić information content (AvgIpc) is 3.11. The molecule has 7 heteroatoms. The third-order valence-electron chi connectivity index (χ3n) is 4.97. The van der Waals surface area contributed by atoms with Crippen LogP contribution in [0.15, 0.2) is 60.7 Å². The van der Waals surface area contributed by atoms with Crippen LogP contribution in [0.3, 0.4) is 0 Å². The Morgan fingerprint density at radius 3 is 2.67 bits per heavy atom. The van der Waals surface area contributed by atoms with Crippen LogP contribution in [0.4, 0.5) is 11.4 Å². The first-order valence-corrected chi connectivity index (χ1v) is 9.35. The second kappa shape index (κ2) is 7.68. The van der Waals surface area contributed by atoms with Crippen LogP contribution >= 0.6 is 0 Å². The lowest BCUT2D eigenvalue weighted by molar-refractivity contribution is -0.384. The molecule has 0 aliphatic rings. The van der Waals surface area contributed by atoms with Gasteiger partial charge in [-0.1, -0.05) is 36.4 Å². The van der Waals surface area contributed by atoms with Crippen molar-refractivity contribution in [1.82, 2.24) is 4.57 Å². The van der Waals surface area contributed by atoms with Gasteiger partial charge >= 0.3 is 5.97 Å². The highest BCUT2D eigenvalue weighted by molar-refractivity contribution is 5.97. The van der Waals surface area contributed by atoms with Gasteiger partial charge in [0.1, 0.15) is 5.69 Å². The van der Waals surface area contributed by atoms with Gasteiger partial charge < -0.3 is 9.30 Å². The molecular weight excluding hydrogens is 382 g/mol. The zero-order valence-corrected chi connectivity index (χ0v) is 16.2. The van der Waals surface area contributed by atoms with Crippen molar-refractivity contribution in [2.24, 2.45) is 0 Å². The van der Waals surface area contributed by atoms with Crippen LogP contribution in [-0.4, -0.2) is 22.1 Å². The smallest absolute Gasteiger partial charge is 0.354 e. The van der Waals surface area contributed by atoms with Gasteiger partial charge in [0.15, 0.2) is 5.69 Å². The van der Waals surface area contributed by atoms with Crippen molar-refractivity contribution >= 4 is 39.0 Å². The molecule has 0 aliphatic carbocycles. The van der Waals surface area contributed by atoms with E-state index >= 15 is 0 Å². The zero-order valence-electron chi connectivity index (χ0n) is 16.2. The summed E-state index contributed by atoms with van der Waals surface area (Å²) in [5.41, 5.74) is 2.17. The van der Waals surface area contributed by atoms with Crippen LogP contribution in [0, 0.1) is 16.7 Å². The third kappa shape index (κ3) is 3.35. The van der Waals surface area contributed by atoms with Crippen molar-refractivity contribution in [3.63, 3.8) is 0 Å². The van der Waals surface area contributed by atoms with Gasteiger partial charge in [0.05, 0.1) is 18.1 Å². The van der Waals surface area contributed by atoms with E-state index < -0.39 is 10.9 Å². The molecule has 0 fully saturated rings. The molecule has 0 radical (unpaired) electrons. The van der Waals surface area contributed by atoms with Crippen LogP contribution in [-0.2, 0) is 11.3 Å². The summed E-state index contributed by atoms with van der Waals surface area (Å²) < 4.78 is 6.97. The van der Waals surface area contributed by atoms with Crippen molar-refractivity contribution < 1.29 is 14.5 Å². The van der Waals surface area contributed by atoms with Gasteiger partial charge in [-0.2, -0.15) is 0 Å². The number of carbonyl (C=O) groups is 1. The number of fused-ring (bicyclic) bond motifs is 2. The van der Waals surface area contributed by atoms with Gasteiger partial charge in [0.2, 0.25) is 0 Å². The predicted octanol–water partition coefficient (Wildman–Crippen LogP) is 5.48. The molecule has 0 saturated carbocycles. The summed E-state index contributed by atoms with van der Waals surface area (Å²) in [5.74, 6) is -0.479. The lowest BCUT2D eigenvalue weighted by atomic mass is 10.0. The van der Waals surface area contributed by atoms with E-state index in [1.54, 1.807) is 35.8 Å². The van der Waals surface area contributed by atoms with Crippen molar-refractivity contribution in [3.05, 3.63) is 93.5 Å². The maximum absolute atomic E-state index is 12.6. The first kappa shape index (κ1) is 19.2. The molecule has 1 heterocycles. The van der Waals surface area contributed by atoms with Crippen LogP contribution in [0.1, 0.15) is 23.0 Å². The number of non-ortho nitro benzene ring substituents is 1. The molecule has 4 rings (SSSR count). The summed E-state index contributed by atoms with van der Waals surface area (Å²) in [4.78, 5) is 27.1. The summed E-state index contributed by atoms with van der Waals surface area (Å²) in [7, 11) is 0. The first-order valence-electron chi connectivity index (χ1n) is 9.35. The number of benzene rings is 3. The summed E-state index contributed by atoms with van der Waals surface area (Å²) in [5, 5.41) is 13.8. The molecule has 3 aromatic carbocycles. The monoisotopic (exact) mass is 399 g/mol. The number of nitro benzene ring substituents is 1. The van der Waals surface area contributed by atoms with Gasteiger partial charge in [-0.3, -0.25) is 10.1 Å². The Balaban J connectivity index is 1.95. The van der Waals surface area contributed by atoms with Crippen LogP contribution < -0.4 is 0 Å². The van der Waals surface area contributed by atoms with E-state index in [2.05, 4.69) is 4.85 Å². The van der Waals surface area contributed by atoms with E-state index in [9.17, 15) is 14.9 Å². The Labute approximate surface area is 172 Å². The zero-order chi connectivity index (χ0) is 21.3. The summed E-state index contributed by atoms with van der Waals surface area (Å²) in [6, 6.07) is 17.4. The van der Waals surface area contributed by atoms with Gasteiger partial charge in [-0.25, -0.2) is 9.64 Å². The van der Waals surface area contributed by atoms with Gasteiger partial charge in [0.25, 0.3) is 5.69 Å². The number of hydrogen-bond donors (Lipinski definition) is 0. The fourth-order valence-corrected chi connectivity index (χ4v) is 3.64. The van der Waals surface area contributed by atoms with Crippen molar-refractivity contribution in [2.45, 2.75) is 13.5 Å². The van der Waals surface area contributed by atoms with E-state index in [1.807, 2.05) is 24.3 Å². The number of nitrogens with zero attached hydrogens (tertiary/aromatic N) is 3. The Hall–Kier alpha value is -4.18. The Morgan fingerprint density at radius 2 is 1.93 bits per heavy atom. The van der Waals surface area contributed by atoms with Crippen molar-refractivity contribution in [3.8, 4) is 0 Å². The quantitative estimate of drug-likeness (QED) is 0.193. The number of esters is 1. The van der Waals surface area contributed by atoms with Crippen LogP contribution in [0.25, 0.3) is 26.5 Å². The fourth-order valence-electron chi connectivity index (χ4n) is 3.64. The molecule has 0 saturated heterocycles. The lowest BCUT2D eigenvalue weighted by Crippen LogP contribution is -2.13. The molecule has 0 N–H and O–H groups in total. The number of carbonyl (C=O) groups excluding carboxylic acids is 1. The van der Waals surface area contributed by atoms with Gasteiger partial charge in [-0.05, 0) is 40.8 Å². The minimum absolute atomic E-state index is 0.0142. The molecule has 0 bridgehead atoms. The first-order chi connectivity index (χ1) is 14.5. The van der Waals surface area contributed by atoms with E-state index in [1.165, 1.54) is 12.1 Å². The topological polar surface area (TPSA) is 78.7 Å². The van der Waals surface area contributed by atoms with E-state index in [-0.39, 0.29) is 18.8 Å². The van der Waals surface area contributed by atoms with E-state index in [0.29, 0.717) is 22.5 Å². The van der Waals surface area contributed by atoms with Gasteiger partial charge in [0, 0.05) is 24.2 Å². The molecule has 0 aliphatic heterocycles. The summed E-state index contributed by atoms with van der Waals surface area (Å²) in [6.07, 6.45) is 0. The minimum atomic E-state index is -0.479. The molecule has 7 nitrogen and oxygen atoms in total. The summed E-state index contributed by atoms with van der Waals surface area (Å²) in [6.45, 7) is 9.49. The standard InChI is InChI=1S/C23H17N3O4/c1-3-30-23(27)22-12-16-8-9-18(24-2)13-21(16)25(22)14-17-11-19(26(28)29)10-15-6-4-5-7-20(15)17/h4-13H,3,14H2,1H3. The fraction of sp³-hybridized carbons (Fsp3) is 0.130. The number of ether oxygens (including phenoxy) is 1. The highest BCUT2D eigenvalue weighted by Crippen LogP contribution is 2.30. The molecular formula is C23H17N3O4. The molecule has 1 aromatic heterocycles. The summed E-state index contributed by atoms with van der Waals surface area (Å²) >= 11 is 0. The number of rotatable bonds is 5. The number of hydrogen-bond acceptors (Lipinski definition) is 4. The van der Waals surface area contributed by atoms with E-state index in [4.69, 9.17) is 11.3 Å². The molecule has 148 valence electrons. The second-order valence-corrected chi connectivity index (χ2v) is 6.77. The number of aromatic nitrogens is 1. The molecule has 0 spiro atoms. The van der Waals surface area contributed by atoms with Crippen LogP contribution in [0.5, 0.6) is 0 Å². The number of nitro groups is 1. The van der Waals surface area contributed by atoms with E-state index in [0.717, 1.165) is 16.2 Å². The molecule has 0 atom stereocenters. The molecule has 30 heavy (non-hydrogen) atoms. The highest BCUT2D eigenvalue weighted by atomic mass is 16.6.